The minimum atomic E-state index is -0.0778. The highest BCUT2D eigenvalue weighted by molar-refractivity contribution is 9.10. The van der Waals surface area contributed by atoms with E-state index in [1.54, 1.807) is 7.11 Å². The second kappa shape index (κ2) is 6.15. The number of methoxy groups -OCH3 is 1. The van der Waals surface area contributed by atoms with Crippen molar-refractivity contribution in [2.24, 2.45) is 0 Å². The molecule has 5 heteroatoms. The number of aromatic nitrogens is 2. The number of hydrogen-bond acceptors (Lipinski definition) is 4. The van der Waals surface area contributed by atoms with Crippen LogP contribution in [0.1, 0.15) is 44.3 Å². The molecule has 4 nitrogen and oxygen atoms in total. The highest BCUT2D eigenvalue weighted by Gasteiger charge is 2.16. The Morgan fingerprint density at radius 1 is 1.38 bits per heavy atom. The third-order valence-electron chi connectivity index (χ3n) is 2.39. The Morgan fingerprint density at radius 3 is 2.56 bits per heavy atom. The van der Waals surface area contributed by atoms with Gasteiger partial charge in [-0.3, -0.25) is 0 Å². The van der Waals surface area contributed by atoms with Crippen molar-refractivity contribution in [2.75, 3.05) is 12.8 Å². The Balaban J connectivity index is 3.12. The standard InChI is InChI=1S/C11H18BrN3O/c1-4-6-7-9(12)10(13)15-11(14-7)8(5-2)16-3/h8H,4-6H2,1-3H3,(H2,13,14,15). The summed E-state index contributed by atoms with van der Waals surface area (Å²) < 4.78 is 6.13. The highest BCUT2D eigenvalue weighted by atomic mass is 79.9. The van der Waals surface area contributed by atoms with Crippen molar-refractivity contribution in [3.05, 3.63) is 16.0 Å². The average molecular weight is 288 g/mol. The molecule has 1 aromatic rings. The number of nitrogens with zero attached hydrogens (tertiary/aromatic N) is 2. The van der Waals surface area contributed by atoms with Crippen molar-refractivity contribution in [3.8, 4) is 0 Å². The molecule has 0 bridgehead atoms. The number of nitrogens with two attached hydrogens (primary N) is 1. The van der Waals surface area contributed by atoms with Crippen LogP contribution in [0.3, 0.4) is 0 Å². The molecular weight excluding hydrogens is 270 g/mol. The summed E-state index contributed by atoms with van der Waals surface area (Å²) in [5.74, 6) is 1.16. The first-order chi connectivity index (χ1) is 7.63. The Labute approximate surface area is 105 Å². The van der Waals surface area contributed by atoms with Gasteiger partial charge in [0.05, 0.1) is 10.2 Å². The number of rotatable bonds is 5. The zero-order valence-electron chi connectivity index (χ0n) is 9.96. The molecule has 0 aromatic carbocycles. The SMILES string of the molecule is CCCc1nc(C(CC)OC)nc(N)c1Br. The van der Waals surface area contributed by atoms with Gasteiger partial charge in [-0.25, -0.2) is 9.97 Å². The van der Waals surface area contributed by atoms with Crippen LogP contribution in [-0.2, 0) is 11.2 Å². The normalized spacial score (nSPS) is 12.8. The summed E-state index contributed by atoms with van der Waals surface area (Å²) in [5.41, 5.74) is 6.80. The first kappa shape index (κ1) is 13.4. The van der Waals surface area contributed by atoms with E-state index in [0.717, 1.165) is 29.4 Å². The second-order valence-corrected chi connectivity index (χ2v) is 4.40. The van der Waals surface area contributed by atoms with Gasteiger partial charge in [-0.1, -0.05) is 20.3 Å². The molecule has 0 radical (unpaired) electrons. The van der Waals surface area contributed by atoms with Crippen LogP contribution < -0.4 is 5.73 Å². The summed E-state index contributed by atoms with van der Waals surface area (Å²) in [4.78, 5) is 8.75. The fourth-order valence-electron chi connectivity index (χ4n) is 1.53. The molecule has 0 amide bonds. The number of ether oxygens (including phenoxy) is 1. The van der Waals surface area contributed by atoms with E-state index in [9.17, 15) is 0 Å². The first-order valence-electron chi connectivity index (χ1n) is 5.48. The topological polar surface area (TPSA) is 61.0 Å². The van der Waals surface area contributed by atoms with E-state index in [1.807, 2.05) is 6.92 Å². The van der Waals surface area contributed by atoms with Gasteiger partial charge in [0, 0.05) is 7.11 Å². The molecule has 0 spiro atoms. The molecule has 2 N–H and O–H groups in total. The summed E-state index contributed by atoms with van der Waals surface area (Å²) in [5, 5.41) is 0. The molecule has 16 heavy (non-hydrogen) atoms. The van der Waals surface area contributed by atoms with Gasteiger partial charge < -0.3 is 10.5 Å². The molecule has 0 saturated heterocycles. The van der Waals surface area contributed by atoms with Gasteiger partial charge in [-0.05, 0) is 28.8 Å². The number of nitrogen functional groups attached to an aromatic ring is 1. The van der Waals surface area contributed by atoms with Gasteiger partial charge in [0.25, 0.3) is 0 Å². The molecule has 1 heterocycles. The fourth-order valence-corrected chi connectivity index (χ4v) is 1.91. The molecule has 0 aliphatic heterocycles. The maximum absolute atomic E-state index is 5.85. The Bertz CT molecular complexity index is 353. The van der Waals surface area contributed by atoms with Crippen LogP contribution in [0.2, 0.25) is 0 Å². The number of hydrogen-bond donors (Lipinski definition) is 1. The third-order valence-corrected chi connectivity index (χ3v) is 3.26. The van der Waals surface area contributed by atoms with Gasteiger partial charge in [0.15, 0.2) is 5.82 Å². The summed E-state index contributed by atoms with van der Waals surface area (Å²) >= 11 is 3.42. The van der Waals surface area contributed by atoms with Crippen molar-refractivity contribution < 1.29 is 4.74 Å². The molecule has 1 atom stereocenters. The number of aryl methyl sites for hydroxylation is 1. The number of anilines is 1. The molecule has 0 aliphatic carbocycles. The van der Waals surface area contributed by atoms with Crippen LogP contribution in [0.15, 0.2) is 4.47 Å². The van der Waals surface area contributed by atoms with E-state index in [1.165, 1.54) is 0 Å². The minimum absolute atomic E-state index is 0.0778. The van der Waals surface area contributed by atoms with Gasteiger partial charge in [0.2, 0.25) is 0 Å². The Morgan fingerprint density at radius 2 is 2.06 bits per heavy atom. The molecule has 1 unspecified atom stereocenters. The lowest BCUT2D eigenvalue weighted by molar-refractivity contribution is 0.0925. The second-order valence-electron chi connectivity index (χ2n) is 3.61. The van der Waals surface area contributed by atoms with Crippen molar-refractivity contribution in [1.29, 1.82) is 0 Å². The maximum Gasteiger partial charge on any atom is 0.159 e. The lowest BCUT2D eigenvalue weighted by Crippen LogP contribution is -2.10. The van der Waals surface area contributed by atoms with Crippen LogP contribution >= 0.6 is 15.9 Å². The lowest BCUT2D eigenvalue weighted by atomic mass is 10.2. The molecule has 90 valence electrons. The van der Waals surface area contributed by atoms with Crippen LogP contribution in [0, 0.1) is 0 Å². The molecule has 1 aromatic heterocycles. The zero-order chi connectivity index (χ0) is 12.1. The summed E-state index contributed by atoms with van der Waals surface area (Å²) in [7, 11) is 1.66. The predicted molar refractivity (Wildman–Crippen MR) is 68.2 cm³/mol. The third kappa shape index (κ3) is 2.92. The largest absolute Gasteiger partial charge is 0.383 e. The van der Waals surface area contributed by atoms with E-state index in [-0.39, 0.29) is 6.10 Å². The Kier molecular flexibility index (Phi) is 5.15. The average Bonchev–Trinajstić information content (AvgIpc) is 2.27. The van der Waals surface area contributed by atoms with Crippen molar-refractivity contribution in [2.45, 2.75) is 39.2 Å². The van der Waals surface area contributed by atoms with Crippen molar-refractivity contribution >= 4 is 21.7 Å². The van der Waals surface area contributed by atoms with Gasteiger partial charge in [-0.15, -0.1) is 0 Å². The molecular formula is C11H18BrN3O. The van der Waals surface area contributed by atoms with Gasteiger partial charge >= 0.3 is 0 Å². The minimum Gasteiger partial charge on any atom is -0.383 e. The van der Waals surface area contributed by atoms with Crippen LogP contribution in [0.25, 0.3) is 0 Å². The predicted octanol–water partition coefficient (Wildman–Crippen LogP) is 2.87. The Hall–Kier alpha value is -0.680. The first-order valence-corrected chi connectivity index (χ1v) is 6.27. The van der Waals surface area contributed by atoms with Crippen LogP contribution in [0.5, 0.6) is 0 Å². The quantitative estimate of drug-likeness (QED) is 0.905. The number of halogens is 1. The molecule has 0 fully saturated rings. The van der Waals surface area contributed by atoms with Crippen molar-refractivity contribution in [3.63, 3.8) is 0 Å². The zero-order valence-corrected chi connectivity index (χ0v) is 11.5. The molecule has 0 aliphatic rings. The van der Waals surface area contributed by atoms with Gasteiger partial charge in [0.1, 0.15) is 11.9 Å². The van der Waals surface area contributed by atoms with Crippen molar-refractivity contribution in [1.82, 2.24) is 9.97 Å². The fraction of sp³-hybridized carbons (Fsp3) is 0.636. The summed E-state index contributed by atoms with van der Waals surface area (Å²) in [6.45, 7) is 4.15. The monoisotopic (exact) mass is 287 g/mol. The van der Waals surface area contributed by atoms with E-state index in [0.29, 0.717) is 11.6 Å². The summed E-state index contributed by atoms with van der Waals surface area (Å²) in [6.07, 6.45) is 2.67. The maximum atomic E-state index is 5.85. The lowest BCUT2D eigenvalue weighted by Gasteiger charge is -2.14. The van der Waals surface area contributed by atoms with Crippen LogP contribution in [-0.4, -0.2) is 17.1 Å². The summed E-state index contributed by atoms with van der Waals surface area (Å²) in [6, 6.07) is 0. The van der Waals surface area contributed by atoms with E-state index >= 15 is 0 Å². The van der Waals surface area contributed by atoms with Gasteiger partial charge in [-0.2, -0.15) is 0 Å². The molecule has 1 rings (SSSR count). The van der Waals surface area contributed by atoms with E-state index < -0.39 is 0 Å². The molecule has 0 saturated carbocycles. The van der Waals surface area contributed by atoms with Crippen LogP contribution in [0.4, 0.5) is 5.82 Å². The highest BCUT2D eigenvalue weighted by Crippen LogP contribution is 2.25. The van der Waals surface area contributed by atoms with E-state index in [2.05, 4.69) is 32.8 Å². The smallest absolute Gasteiger partial charge is 0.159 e. The van der Waals surface area contributed by atoms with E-state index in [4.69, 9.17) is 10.5 Å².